The van der Waals surface area contributed by atoms with Crippen molar-refractivity contribution < 1.29 is 4.79 Å². The maximum atomic E-state index is 11.0. The molecule has 0 bridgehead atoms. The van der Waals surface area contributed by atoms with Crippen LogP contribution in [0.4, 0.5) is 0 Å². The van der Waals surface area contributed by atoms with Crippen molar-refractivity contribution in [3.05, 3.63) is 18.0 Å². The van der Waals surface area contributed by atoms with Crippen LogP contribution in [0.25, 0.3) is 0 Å². The molecule has 14 heavy (non-hydrogen) atoms. The third-order valence-corrected chi connectivity index (χ3v) is 2.28. The fourth-order valence-electron chi connectivity index (χ4n) is 1.70. The Morgan fingerprint density at radius 3 is 2.93 bits per heavy atom. The lowest BCUT2D eigenvalue weighted by molar-refractivity contribution is -0.117. The van der Waals surface area contributed by atoms with Crippen LogP contribution in [-0.4, -0.2) is 15.6 Å². The third kappa shape index (κ3) is 2.69. The number of hydrogen-bond donors (Lipinski definition) is 0. The van der Waals surface area contributed by atoms with Gasteiger partial charge in [0.2, 0.25) is 0 Å². The maximum Gasteiger partial charge on any atom is 0.130 e. The standard InChI is InChI=1S/C11H18N2O/c1-4-7-13-11(5-6-12-13)9(2)8-10(3)14/h5-6,9H,4,7-8H2,1-3H3. The van der Waals surface area contributed by atoms with Crippen LogP contribution in [0.2, 0.25) is 0 Å². The number of hydrogen-bond acceptors (Lipinski definition) is 2. The van der Waals surface area contributed by atoms with Crippen molar-refractivity contribution in [1.82, 2.24) is 9.78 Å². The highest BCUT2D eigenvalue weighted by Crippen LogP contribution is 2.18. The molecule has 0 radical (unpaired) electrons. The molecule has 1 aromatic heterocycles. The molecule has 1 heterocycles. The lowest BCUT2D eigenvalue weighted by Gasteiger charge is -2.11. The molecular formula is C11H18N2O. The van der Waals surface area contributed by atoms with E-state index in [0.29, 0.717) is 6.42 Å². The molecule has 0 amide bonds. The van der Waals surface area contributed by atoms with Crippen LogP contribution in [0.5, 0.6) is 0 Å². The van der Waals surface area contributed by atoms with Crippen molar-refractivity contribution in [1.29, 1.82) is 0 Å². The van der Waals surface area contributed by atoms with Crippen LogP contribution in [-0.2, 0) is 11.3 Å². The van der Waals surface area contributed by atoms with Crippen LogP contribution >= 0.6 is 0 Å². The van der Waals surface area contributed by atoms with Gasteiger partial charge in [0.25, 0.3) is 0 Å². The summed E-state index contributed by atoms with van der Waals surface area (Å²) < 4.78 is 1.99. The molecule has 0 fully saturated rings. The van der Waals surface area contributed by atoms with E-state index in [0.717, 1.165) is 13.0 Å². The van der Waals surface area contributed by atoms with Crippen LogP contribution in [0.3, 0.4) is 0 Å². The van der Waals surface area contributed by atoms with Crippen molar-refractivity contribution in [3.63, 3.8) is 0 Å². The first kappa shape index (κ1) is 11.0. The summed E-state index contributed by atoms with van der Waals surface area (Å²) in [4.78, 5) is 11.0. The fraction of sp³-hybridized carbons (Fsp3) is 0.636. The average molecular weight is 194 g/mol. The quantitative estimate of drug-likeness (QED) is 0.721. The molecular weight excluding hydrogens is 176 g/mol. The molecule has 78 valence electrons. The highest BCUT2D eigenvalue weighted by molar-refractivity contribution is 5.76. The summed E-state index contributed by atoms with van der Waals surface area (Å²) in [5.41, 5.74) is 1.17. The lowest BCUT2D eigenvalue weighted by Crippen LogP contribution is -2.09. The Labute approximate surface area is 85.1 Å². The second-order valence-electron chi connectivity index (χ2n) is 3.79. The molecule has 1 atom stereocenters. The molecule has 0 spiro atoms. The minimum absolute atomic E-state index is 0.238. The first-order chi connectivity index (χ1) is 6.65. The molecule has 0 aliphatic rings. The van der Waals surface area contributed by atoms with Crippen LogP contribution in [0.15, 0.2) is 12.3 Å². The van der Waals surface area contributed by atoms with E-state index >= 15 is 0 Å². The normalized spacial score (nSPS) is 12.8. The average Bonchev–Trinajstić information content (AvgIpc) is 2.51. The van der Waals surface area contributed by atoms with E-state index < -0.39 is 0 Å². The fourth-order valence-corrected chi connectivity index (χ4v) is 1.70. The van der Waals surface area contributed by atoms with E-state index in [1.165, 1.54) is 5.69 Å². The summed E-state index contributed by atoms with van der Waals surface area (Å²) in [6.45, 7) is 6.77. The zero-order chi connectivity index (χ0) is 10.6. The van der Waals surface area contributed by atoms with Crippen molar-refractivity contribution in [2.75, 3.05) is 0 Å². The van der Waals surface area contributed by atoms with Gasteiger partial charge in [0.05, 0.1) is 0 Å². The van der Waals surface area contributed by atoms with Crippen LogP contribution in [0.1, 0.15) is 45.2 Å². The topological polar surface area (TPSA) is 34.9 Å². The number of rotatable bonds is 5. The Kier molecular flexibility index (Phi) is 3.86. The molecule has 3 heteroatoms. The summed E-state index contributed by atoms with van der Waals surface area (Å²) in [5, 5.41) is 4.24. The summed E-state index contributed by atoms with van der Waals surface area (Å²) >= 11 is 0. The number of nitrogens with zero attached hydrogens (tertiary/aromatic N) is 2. The van der Waals surface area contributed by atoms with Gasteiger partial charge in [0.1, 0.15) is 5.78 Å². The zero-order valence-corrected chi connectivity index (χ0v) is 9.16. The minimum atomic E-state index is 0.238. The van der Waals surface area contributed by atoms with Gasteiger partial charge in [-0.1, -0.05) is 13.8 Å². The highest BCUT2D eigenvalue weighted by atomic mass is 16.1. The molecule has 1 aromatic rings. The first-order valence-corrected chi connectivity index (χ1v) is 5.16. The van der Waals surface area contributed by atoms with Gasteiger partial charge in [-0.3, -0.25) is 4.68 Å². The smallest absolute Gasteiger partial charge is 0.130 e. The molecule has 0 saturated carbocycles. The molecule has 3 nitrogen and oxygen atoms in total. The monoisotopic (exact) mass is 194 g/mol. The van der Waals surface area contributed by atoms with Gasteiger partial charge in [0.15, 0.2) is 0 Å². The van der Waals surface area contributed by atoms with E-state index in [1.54, 1.807) is 6.92 Å². The summed E-state index contributed by atoms with van der Waals surface area (Å²) in [7, 11) is 0. The van der Waals surface area contributed by atoms with Gasteiger partial charge in [-0.15, -0.1) is 0 Å². The molecule has 0 aromatic carbocycles. The van der Waals surface area contributed by atoms with Crippen molar-refractivity contribution >= 4 is 5.78 Å². The molecule has 0 aliphatic carbocycles. The van der Waals surface area contributed by atoms with Gasteiger partial charge in [-0.25, -0.2) is 0 Å². The molecule has 0 aliphatic heterocycles. The van der Waals surface area contributed by atoms with Gasteiger partial charge in [-0.2, -0.15) is 5.10 Å². The summed E-state index contributed by atoms with van der Waals surface area (Å²) in [5.74, 6) is 0.517. The number of carbonyl (C=O) groups is 1. The number of ketones is 1. The minimum Gasteiger partial charge on any atom is -0.300 e. The summed E-state index contributed by atoms with van der Waals surface area (Å²) in [6, 6.07) is 2.00. The van der Waals surface area contributed by atoms with Crippen molar-refractivity contribution in [3.8, 4) is 0 Å². The third-order valence-electron chi connectivity index (χ3n) is 2.28. The molecule has 0 saturated heterocycles. The van der Waals surface area contributed by atoms with Crippen molar-refractivity contribution in [2.45, 2.75) is 46.1 Å². The maximum absolute atomic E-state index is 11.0. The predicted molar refractivity (Wildman–Crippen MR) is 56.2 cm³/mol. The van der Waals surface area contributed by atoms with E-state index in [2.05, 4.69) is 18.9 Å². The molecule has 1 rings (SSSR count). The highest BCUT2D eigenvalue weighted by Gasteiger charge is 2.12. The van der Waals surface area contributed by atoms with E-state index in [1.807, 2.05) is 16.9 Å². The van der Waals surface area contributed by atoms with E-state index in [4.69, 9.17) is 0 Å². The van der Waals surface area contributed by atoms with Crippen LogP contribution < -0.4 is 0 Å². The van der Waals surface area contributed by atoms with Gasteiger partial charge in [0, 0.05) is 30.8 Å². The second-order valence-corrected chi connectivity index (χ2v) is 3.79. The number of aryl methyl sites for hydroxylation is 1. The second kappa shape index (κ2) is 4.94. The summed E-state index contributed by atoms with van der Waals surface area (Å²) in [6.07, 6.45) is 3.48. The number of carbonyl (C=O) groups excluding carboxylic acids is 1. The Morgan fingerprint density at radius 2 is 2.36 bits per heavy atom. The number of Topliss-reactive ketones (excluding diaryl/α,β-unsaturated/α-hetero) is 1. The molecule has 1 unspecified atom stereocenters. The largest absolute Gasteiger partial charge is 0.300 e. The van der Waals surface area contributed by atoms with Gasteiger partial charge >= 0.3 is 0 Å². The Hall–Kier alpha value is -1.12. The van der Waals surface area contributed by atoms with Gasteiger partial charge < -0.3 is 4.79 Å². The molecule has 0 N–H and O–H groups in total. The van der Waals surface area contributed by atoms with Crippen LogP contribution in [0, 0.1) is 0 Å². The Morgan fingerprint density at radius 1 is 1.64 bits per heavy atom. The zero-order valence-electron chi connectivity index (χ0n) is 9.16. The lowest BCUT2D eigenvalue weighted by atomic mass is 10.0. The van der Waals surface area contributed by atoms with Crippen molar-refractivity contribution in [2.24, 2.45) is 0 Å². The Balaban J connectivity index is 2.72. The predicted octanol–water partition coefficient (Wildman–Crippen LogP) is 2.38. The Bertz CT molecular complexity index is 304. The van der Waals surface area contributed by atoms with E-state index in [-0.39, 0.29) is 11.7 Å². The van der Waals surface area contributed by atoms with E-state index in [9.17, 15) is 4.79 Å². The van der Waals surface area contributed by atoms with Gasteiger partial charge in [-0.05, 0) is 19.4 Å². The SMILES string of the molecule is CCCn1nccc1C(C)CC(C)=O. The number of aromatic nitrogens is 2. The first-order valence-electron chi connectivity index (χ1n) is 5.16.